The first-order valence-corrected chi connectivity index (χ1v) is 9.96. The van der Waals surface area contributed by atoms with Crippen molar-refractivity contribution >= 4 is 17.7 Å². The highest BCUT2D eigenvalue weighted by atomic mass is 16.5. The van der Waals surface area contributed by atoms with Crippen molar-refractivity contribution in [1.82, 2.24) is 10.6 Å². The van der Waals surface area contributed by atoms with Gasteiger partial charge in [0.15, 0.2) is 11.5 Å². The molecule has 1 aliphatic rings. The number of esters is 1. The molecule has 2 amide bonds. The topological polar surface area (TPSA) is 95.1 Å². The molecule has 1 heterocycles. The normalized spacial score (nSPS) is 15.6. The van der Waals surface area contributed by atoms with Gasteiger partial charge in [0.05, 0.1) is 44.7 Å². The first kappa shape index (κ1) is 22.0. The van der Waals surface area contributed by atoms with Crippen LogP contribution in [0.3, 0.4) is 0 Å². The summed E-state index contributed by atoms with van der Waals surface area (Å²) >= 11 is 0. The predicted molar refractivity (Wildman–Crippen MR) is 115 cm³/mol. The number of ether oxygens (including phenoxy) is 4. The molecule has 0 spiro atoms. The van der Waals surface area contributed by atoms with Crippen molar-refractivity contribution in [3.05, 3.63) is 59.2 Å². The third kappa shape index (κ3) is 4.74. The van der Waals surface area contributed by atoms with Crippen LogP contribution in [0, 0.1) is 0 Å². The summed E-state index contributed by atoms with van der Waals surface area (Å²) in [5, 5.41) is 5.55. The van der Waals surface area contributed by atoms with Crippen LogP contribution in [0.1, 0.15) is 31.0 Å². The van der Waals surface area contributed by atoms with Gasteiger partial charge in [-0.3, -0.25) is 0 Å². The Bertz CT molecular complexity index is 984. The average Bonchev–Trinajstić information content (AvgIpc) is 2.79. The van der Waals surface area contributed by atoms with Crippen LogP contribution in [-0.2, 0) is 9.53 Å². The maximum absolute atomic E-state index is 12.8. The molecule has 0 aromatic heterocycles. The Balaban J connectivity index is 2.14. The minimum absolute atomic E-state index is 0.277. The summed E-state index contributed by atoms with van der Waals surface area (Å²) < 4.78 is 21.6. The fraction of sp³-hybridized carbons (Fsp3) is 0.304. The van der Waals surface area contributed by atoms with Gasteiger partial charge in [-0.05, 0) is 61.4 Å². The lowest BCUT2D eigenvalue weighted by atomic mass is 9.92. The molecule has 0 fully saturated rings. The lowest BCUT2D eigenvalue weighted by Gasteiger charge is -2.29. The molecule has 1 atom stereocenters. The molecule has 31 heavy (non-hydrogen) atoms. The third-order valence-electron chi connectivity index (χ3n) is 4.76. The number of urea groups is 1. The van der Waals surface area contributed by atoms with Crippen molar-refractivity contribution in [1.29, 1.82) is 0 Å². The van der Waals surface area contributed by atoms with E-state index in [2.05, 4.69) is 10.6 Å². The molecule has 2 N–H and O–H groups in total. The summed E-state index contributed by atoms with van der Waals surface area (Å²) in [5.74, 6) is 1.22. The van der Waals surface area contributed by atoms with E-state index in [1.807, 2.05) is 13.8 Å². The largest absolute Gasteiger partial charge is 0.497 e. The summed E-state index contributed by atoms with van der Waals surface area (Å²) in [5.41, 5.74) is 1.96. The van der Waals surface area contributed by atoms with Gasteiger partial charge in [-0.25, -0.2) is 9.59 Å². The van der Waals surface area contributed by atoms with Crippen LogP contribution >= 0.6 is 0 Å². The summed E-state index contributed by atoms with van der Waals surface area (Å²) in [7, 11) is 2.87. The van der Waals surface area contributed by atoms with Gasteiger partial charge in [-0.15, -0.1) is 0 Å². The molecule has 2 aromatic carbocycles. The van der Waals surface area contributed by atoms with Crippen molar-refractivity contribution in [3.8, 4) is 17.2 Å². The molecular weight excluding hydrogens is 400 g/mol. The van der Waals surface area contributed by atoms with Gasteiger partial charge in [-0.2, -0.15) is 0 Å². The summed E-state index contributed by atoms with van der Waals surface area (Å²) in [6.07, 6.45) is 0. The highest BCUT2D eigenvalue weighted by molar-refractivity contribution is 6.04. The number of rotatable bonds is 8. The minimum Gasteiger partial charge on any atom is -0.497 e. The Morgan fingerprint density at radius 3 is 2.26 bits per heavy atom. The van der Waals surface area contributed by atoms with Gasteiger partial charge in [-0.1, -0.05) is 6.07 Å². The van der Waals surface area contributed by atoms with Gasteiger partial charge in [0.2, 0.25) is 0 Å². The number of amides is 2. The first-order valence-electron chi connectivity index (χ1n) is 9.96. The molecule has 0 aliphatic carbocycles. The zero-order chi connectivity index (χ0) is 22.4. The monoisotopic (exact) mass is 426 g/mol. The Hall–Kier alpha value is -3.68. The van der Waals surface area contributed by atoms with Gasteiger partial charge in [0.1, 0.15) is 5.75 Å². The summed E-state index contributed by atoms with van der Waals surface area (Å²) in [6, 6.07) is 11.2. The van der Waals surface area contributed by atoms with Gasteiger partial charge in [0, 0.05) is 0 Å². The van der Waals surface area contributed by atoms with E-state index >= 15 is 0 Å². The summed E-state index contributed by atoms with van der Waals surface area (Å²) in [4.78, 5) is 25.3. The van der Waals surface area contributed by atoms with Gasteiger partial charge in [0.25, 0.3) is 0 Å². The molecule has 1 unspecified atom stereocenters. The molecule has 0 bridgehead atoms. The van der Waals surface area contributed by atoms with Crippen LogP contribution in [0.25, 0.3) is 5.70 Å². The lowest BCUT2D eigenvalue weighted by Crippen LogP contribution is -2.45. The van der Waals surface area contributed by atoms with E-state index in [0.717, 1.165) is 0 Å². The Kier molecular flexibility index (Phi) is 7.02. The van der Waals surface area contributed by atoms with E-state index in [4.69, 9.17) is 18.9 Å². The van der Waals surface area contributed by atoms with Crippen molar-refractivity contribution < 1.29 is 28.5 Å². The molecule has 0 saturated carbocycles. The fourth-order valence-electron chi connectivity index (χ4n) is 3.38. The maximum Gasteiger partial charge on any atom is 0.338 e. The standard InChI is InChI=1S/C23H26N2O6/c1-5-30-17-12-9-15(13-18(17)31-6-2)21-19(22(26)29-4)20(24-23(27)25-21)14-7-10-16(28-3)11-8-14/h7-13,21H,5-6H2,1-4H3,(H2,24,25,27). The van der Waals surface area contributed by atoms with E-state index in [1.165, 1.54) is 7.11 Å². The second-order valence-corrected chi connectivity index (χ2v) is 6.61. The fourth-order valence-corrected chi connectivity index (χ4v) is 3.38. The number of hydrogen-bond donors (Lipinski definition) is 2. The number of hydrogen-bond acceptors (Lipinski definition) is 6. The minimum atomic E-state index is -0.742. The van der Waals surface area contributed by atoms with E-state index in [-0.39, 0.29) is 5.57 Å². The molecule has 8 nitrogen and oxygen atoms in total. The van der Waals surface area contributed by atoms with E-state index in [1.54, 1.807) is 49.6 Å². The maximum atomic E-state index is 12.8. The molecule has 8 heteroatoms. The van der Waals surface area contributed by atoms with E-state index in [0.29, 0.717) is 47.3 Å². The lowest BCUT2D eigenvalue weighted by molar-refractivity contribution is -0.136. The zero-order valence-electron chi connectivity index (χ0n) is 18.0. The number of methoxy groups -OCH3 is 2. The molecule has 1 aliphatic heterocycles. The SMILES string of the molecule is CCOc1ccc(C2NC(=O)NC(c3ccc(OC)cc3)=C2C(=O)OC)cc1OCC. The molecule has 2 aromatic rings. The molecule has 164 valence electrons. The van der Waals surface area contributed by atoms with Crippen molar-refractivity contribution in [2.45, 2.75) is 19.9 Å². The number of benzene rings is 2. The summed E-state index contributed by atoms with van der Waals surface area (Å²) in [6.45, 7) is 4.68. The van der Waals surface area contributed by atoms with Gasteiger partial charge < -0.3 is 29.6 Å². The van der Waals surface area contributed by atoms with Crippen molar-refractivity contribution in [2.75, 3.05) is 27.4 Å². The van der Waals surface area contributed by atoms with Crippen LogP contribution in [-0.4, -0.2) is 39.4 Å². The Morgan fingerprint density at radius 2 is 1.65 bits per heavy atom. The smallest absolute Gasteiger partial charge is 0.338 e. The second kappa shape index (κ2) is 9.88. The third-order valence-corrected chi connectivity index (χ3v) is 4.76. The molecular formula is C23H26N2O6. The molecule has 0 radical (unpaired) electrons. The quantitative estimate of drug-likeness (QED) is 0.628. The van der Waals surface area contributed by atoms with E-state index < -0.39 is 18.0 Å². The second-order valence-electron chi connectivity index (χ2n) is 6.61. The number of nitrogens with one attached hydrogen (secondary N) is 2. The Labute approximate surface area is 181 Å². The Morgan fingerprint density at radius 1 is 0.968 bits per heavy atom. The van der Waals surface area contributed by atoms with Crippen molar-refractivity contribution in [3.63, 3.8) is 0 Å². The van der Waals surface area contributed by atoms with Crippen LogP contribution in [0.4, 0.5) is 4.79 Å². The van der Waals surface area contributed by atoms with Crippen molar-refractivity contribution in [2.24, 2.45) is 0 Å². The van der Waals surface area contributed by atoms with Crippen LogP contribution < -0.4 is 24.8 Å². The van der Waals surface area contributed by atoms with E-state index in [9.17, 15) is 9.59 Å². The first-order chi connectivity index (χ1) is 15.0. The highest BCUT2D eigenvalue weighted by Gasteiger charge is 2.34. The molecule has 0 saturated heterocycles. The van der Waals surface area contributed by atoms with Crippen LogP contribution in [0.5, 0.6) is 17.2 Å². The zero-order valence-corrected chi connectivity index (χ0v) is 18.0. The number of carbonyl (C=O) groups excluding carboxylic acids is 2. The van der Waals surface area contributed by atoms with Crippen LogP contribution in [0.2, 0.25) is 0 Å². The van der Waals surface area contributed by atoms with Crippen LogP contribution in [0.15, 0.2) is 48.0 Å². The molecule has 3 rings (SSSR count). The predicted octanol–water partition coefficient (Wildman–Crippen LogP) is 3.43. The number of carbonyl (C=O) groups is 2. The average molecular weight is 426 g/mol. The van der Waals surface area contributed by atoms with Gasteiger partial charge >= 0.3 is 12.0 Å². The highest BCUT2D eigenvalue weighted by Crippen LogP contribution is 2.36.